The van der Waals surface area contributed by atoms with Gasteiger partial charge in [-0.15, -0.1) is 0 Å². The summed E-state index contributed by atoms with van der Waals surface area (Å²) in [5.74, 6) is -1.02. The van der Waals surface area contributed by atoms with E-state index in [0.717, 1.165) is 22.3 Å². The molecule has 4 atom stereocenters. The van der Waals surface area contributed by atoms with Crippen molar-refractivity contribution in [1.29, 1.82) is 0 Å². The van der Waals surface area contributed by atoms with Gasteiger partial charge in [0.1, 0.15) is 5.78 Å². The molecular formula is C19H17BF2O2. The number of rotatable bonds is 3. The fourth-order valence-corrected chi connectivity index (χ4v) is 4.88. The van der Waals surface area contributed by atoms with Crippen LogP contribution in [0.4, 0.5) is 8.63 Å². The summed E-state index contributed by atoms with van der Waals surface area (Å²) in [5.41, 5.74) is 2.98. The number of fused-ring (bicyclic) bond motifs is 6. The Morgan fingerprint density at radius 3 is 2.17 bits per heavy atom. The number of benzene rings is 2. The zero-order valence-electron chi connectivity index (χ0n) is 13.5. The van der Waals surface area contributed by atoms with E-state index in [9.17, 15) is 13.4 Å². The van der Waals surface area contributed by atoms with E-state index in [-0.39, 0.29) is 17.6 Å². The molecule has 122 valence electrons. The Labute approximate surface area is 140 Å². The van der Waals surface area contributed by atoms with Crippen molar-refractivity contribution in [2.75, 3.05) is 0 Å². The molecule has 0 aliphatic heterocycles. The van der Waals surface area contributed by atoms with Crippen LogP contribution in [0.25, 0.3) is 11.1 Å². The minimum absolute atomic E-state index is 0.103. The Balaban J connectivity index is 1.94. The lowest BCUT2D eigenvalue weighted by Gasteiger charge is -2.61. The largest absolute Gasteiger partial charge is 0.721 e. The van der Waals surface area contributed by atoms with Gasteiger partial charge in [0.25, 0.3) is 0 Å². The van der Waals surface area contributed by atoms with E-state index in [0.29, 0.717) is 0 Å². The van der Waals surface area contributed by atoms with Crippen LogP contribution >= 0.6 is 0 Å². The number of halogens is 2. The number of Topliss-reactive ketones (excluding diaryl/α,β-unsaturated/α-hetero) is 1. The molecule has 1 saturated carbocycles. The molecular weight excluding hydrogens is 309 g/mol. The number of ketones is 1. The van der Waals surface area contributed by atoms with E-state index in [2.05, 4.69) is 0 Å². The number of hydrogen-bond donors (Lipinski definition) is 0. The van der Waals surface area contributed by atoms with E-state index in [4.69, 9.17) is 4.65 Å². The molecule has 2 aliphatic carbocycles. The van der Waals surface area contributed by atoms with Crippen LogP contribution < -0.4 is 0 Å². The first-order valence-corrected chi connectivity index (χ1v) is 8.10. The summed E-state index contributed by atoms with van der Waals surface area (Å²) < 4.78 is 31.2. The van der Waals surface area contributed by atoms with Gasteiger partial charge in [-0.1, -0.05) is 48.5 Å². The first-order valence-electron chi connectivity index (χ1n) is 8.10. The number of carbonyl (C=O) groups is 1. The molecule has 2 unspecified atom stereocenters. The first kappa shape index (κ1) is 15.5. The van der Waals surface area contributed by atoms with Crippen LogP contribution in [-0.2, 0) is 9.45 Å². The Kier molecular flexibility index (Phi) is 3.39. The average molecular weight is 326 g/mol. The minimum Gasteiger partial charge on any atom is -0.372 e. The summed E-state index contributed by atoms with van der Waals surface area (Å²) in [5, 5.41) is 0. The highest BCUT2D eigenvalue weighted by molar-refractivity contribution is 6.34. The topological polar surface area (TPSA) is 26.3 Å². The van der Waals surface area contributed by atoms with Crippen LogP contribution in [0.1, 0.15) is 36.8 Å². The van der Waals surface area contributed by atoms with Gasteiger partial charge >= 0.3 is 7.47 Å². The second kappa shape index (κ2) is 5.25. The maximum atomic E-state index is 13.1. The van der Waals surface area contributed by atoms with Crippen LogP contribution in [-0.4, -0.2) is 18.9 Å². The first-order chi connectivity index (χ1) is 11.4. The molecule has 2 aromatic rings. The zero-order chi connectivity index (χ0) is 17.1. The van der Waals surface area contributed by atoms with Gasteiger partial charge in [0, 0.05) is 11.8 Å². The van der Waals surface area contributed by atoms with Crippen LogP contribution in [0.5, 0.6) is 0 Å². The normalized spacial score (nSPS) is 29.8. The molecule has 0 bridgehead atoms. The molecule has 24 heavy (non-hydrogen) atoms. The van der Waals surface area contributed by atoms with Crippen molar-refractivity contribution in [1.82, 2.24) is 0 Å². The quantitative estimate of drug-likeness (QED) is 0.779. The molecule has 5 heteroatoms. The van der Waals surface area contributed by atoms with Gasteiger partial charge in [0.05, 0.1) is 11.5 Å². The monoisotopic (exact) mass is 326 g/mol. The van der Waals surface area contributed by atoms with Gasteiger partial charge in [-0.3, -0.25) is 13.4 Å². The number of carbonyl (C=O) groups excluding carboxylic acids is 1. The third kappa shape index (κ3) is 1.94. The summed E-state index contributed by atoms with van der Waals surface area (Å²) in [6.45, 7) is 3.12. The molecule has 0 aromatic heterocycles. The van der Waals surface area contributed by atoms with Gasteiger partial charge in [0.15, 0.2) is 0 Å². The third-order valence-corrected chi connectivity index (χ3v) is 5.64. The van der Waals surface area contributed by atoms with Crippen molar-refractivity contribution >= 4 is 13.3 Å². The lowest BCUT2D eigenvalue weighted by molar-refractivity contribution is -0.152. The zero-order valence-corrected chi connectivity index (χ0v) is 13.5. The van der Waals surface area contributed by atoms with E-state index in [1.165, 1.54) is 6.92 Å². The summed E-state index contributed by atoms with van der Waals surface area (Å²) in [4.78, 5) is 12.3. The Morgan fingerprint density at radius 1 is 1.04 bits per heavy atom. The smallest absolute Gasteiger partial charge is 0.372 e. The van der Waals surface area contributed by atoms with E-state index < -0.39 is 19.0 Å². The summed E-state index contributed by atoms with van der Waals surface area (Å²) >= 11 is 0. The van der Waals surface area contributed by atoms with Crippen molar-refractivity contribution in [2.45, 2.75) is 31.3 Å². The van der Waals surface area contributed by atoms with Crippen molar-refractivity contribution in [2.24, 2.45) is 5.92 Å². The molecule has 0 amide bonds. The van der Waals surface area contributed by atoms with Crippen LogP contribution in [0, 0.1) is 5.92 Å². The fraction of sp³-hybridized carbons (Fsp3) is 0.316. The van der Waals surface area contributed by atoms with Crippen LogP contribution in [0.2, 0.25) is 0 Å². The van der Waals surface area contributed by atoms with E-state index in [1.54, 1.807) is 6.92 Å². The minimum atomic E-state index is -2.90. The molecule has 2 aliphatic rings. The summed E-state index contributed by atoms with van der Waals surface area (Å²) in [6.07, 6.45) is 0. The summed E-state index contributed by atoms with van der Waals surface area (Å²) in [6, 6.07) is 15.8. The van der Waals surface area contributed by atoms with E-state index in [1.807, 2.05) is 48.5 Å². The Hall–Kier alpha value is -2.01. The van der Waals surface area contributed by atoms with Crippen molar-refractivity contribution in [3.63, 3.8) is 0 Å². The molecule has 1 fully saturated rings. The lowest BCUT2D eigenvalue weighted by atomic mass is 9.46. The number of hydrogen-bond acceptors (Lipinski definition) is 2. The molecule has 0 heterocycles. The molecule has 2 aromatic carbocycles. The molecule has 0 saturated heterocycles. The SMILES string of the molecule is CC(=O)C1[C@H]2c3ccccc3-c3ccccc3[C@H]2C1(C)OB(F)F. The molecule has 0 N–H and O–H groups in total. The maximum absolute atomic E-state index is 13.1. The second-order valence-corrected chi connectivity index (χ2v) is 6.83. The fourth-order valence-electron chi connectivity index (χ4n) is 4.88. The predicted molar refractivity (Wildman–Crippen MR) is 89.0 cm³/mol. The average Bonchev–Trinajstić information content (AvgIpc) is 2.52. The highest BCUT2D eigenvalue weighted by Crippen LogP contribution is 2.66. The van der Waals surface area contributed by atoms with Crippen molar-refractivity contribution in [3.05, 3.63) is 59.7 Å². The van der Waals surface area contributed by atoms with Crippen LogP contribution in [0.15, 0.2) is 48.5 Å². The van der Waals surface area contributed by atoms with Gasteiger partial charge in [-0.2, -0.15) is 0 Å². The Bertz CT molecular complexity index is 823. The van der Waals surface area contributed by atoms with Crippen molar-refractivity contribution < 1.29 is 18.1 Å². The van der Waals surface area contributed by atoms with Crippen LogP contribution in [0.3, 0.4) is 0 Å². The highest BCUT2D eigenvalue weighted by Gasteiger charge is 2.65. The maximum Gasteiger partial charge on any atom is 0.721 e. The third-order valence-electron chi connectivity index (χ3n) is 5.64. The summed E-state index contributed by atoms with van der Waals surface area (Å²) in [7, 11) is -2.90. The van der Waals surface area contributed by atoms with E-state index >= 15 is 0 Å². The molecule has 0 radical (unpaired) electrons. The molecule has 2 nitrogen and oxygen atoms in total. The Morgan fingerprint density at radius 2 is 1.58 bits per heavy atom. The predicted octanol–water partition coefficient (Wildman–Crippen LogP) is 4.45. The standard InChI is InChI=1S/C19H17BF2O2/c1-11(23)17-16-14-9-5-3-7-12(14)13-8-4-6-10-15(13)18(16)19(17,2)24-20(21)22/h3-10,16-18H,1-2H3/t16-,17?,18-,19?/m1/s1. The van der Waals surface area contributed by atoms with Crippen molar-refractivity contribution in [3.8, 4) is 11.1 Å². The molecule has 0 spiro atoms. The van der Waals surface area contributed by atoms with Gasteiger partial charge in [-0.25, -0.2) is 0 Å². The highest BCUT2D eigenvalue weighted by atomic mass is 19.2. The van der Waals surface area contributed by atoms with Gasteiger partial charge in [0.2, 0.25) is 0 Å². The second-order valence-electron chi connectivity index (χ2n) is 6.83. The van der Waals surface area contributed by atoms with Gasteiger partial charge < -0.3 is 4.65 Å². The lowest BCUT2D eigenvalue weighted by Crippen LogP contribution is -2.63. The molecule has 4 rings (SSSR count). The van der Waals surface area contributed by atoms with Gasteiger partial charge in [-0.05, 0) is 36.1 Å².